The lowest BCUT2D eigenvalue weighted by Gasteiger charge is -2.13. The summed E-state index contributed by atoms with van der Waals surface area (Å²) < 4.78 is 1.13. The van der Waals surface area contributed by atoms with Crippen molar-refractivity contribution in [3.05, 3.63) is 58.8 Å². The first-order valence-corrected chi connectivity index (χ1v) is 6.84. The van der Waals surface area contributed by atoms with Gasteiger partial charge in [-0.3, -0.25) is 29.8 Å². The van der Waals surface area contributed by atoms with Crippen LogP contribution < -0.4 is 21.3 Å². The molecule has 2 N–H and O–H groups in total. The van der Waals surface area contributed by atoms with Crippen molar-refractivity contribution < 1.29 is 9.59 Å². The Hall–Kier alpha value is -3.16. The highest BCUT2D eigenvalue weighted by molar-refractivity contribution is 5.95. The quantitative estimate of drug-likeness (QED) is 0.760. The Labute approximate surface area is 132 Å². The summed E-state index contributed by atoms with van der Waals surface area (Å²) in [5.41, 5.74) is 5.58. The third-order valence-electron chi connectivity index (χ3n) is 3.07. The van der Waals surface area contributed by atoms with Crippen molar-refractivity contribution in [1.29, 1.82) is 0 Å². The summed E-state index contributed by atoms with van der Waals surface area (Å²) in [6.45, 7) is -0.230. The first kappa shape index (κ1) is 16.2. The van der Waals surface area contributed by atoms with Crippen molar-refractivity contribution in [2.45, 2.75) is 6.54 Å². The van der Waals surface area contributed by atoms with E-state index in [9.17, 15) is 14.4 Å². The second kappa shape index (κ2) is 7.21. The van der Waals surface area contributed by atoms with Crippen molar-refractivity contribution >= 4 is 17.5 Å². The Bertz CT molecular complexity index is 752. The minimum Gasteiger partial charge on any atom is -0.378 e. The molecule has 23 heavy (non-hydrogen) atoms. The van der Waals surface area contributed by atoms with Crippen molar-refractivity contribution in [2.75, 3.05) is 19.0 Å². The molecule has 0 spiro atoms. The summed E-state index contributed by atoms with van der Waals surface area (Å²) in [6.07, 6.45) is 2.60. The molecule has 120 valence electrons. The van der Waals surface area contributed by atoms with Crippen LogP contribution in [0.2, 0.25) is 0 Å². The minimum atomic E-state index is -0.529. The predicted molar refractivity (Wildman–Crippen MR) is 84.9 cm³/mol. The van der Waals surface area contributed by atoms with Crippen LogP contribution in [0.3, 0.4) is 0 Å². The topological polar surface area (TPSA) is 96.3 Å². The number of benzene rings is 1. The molecule has 1 aromatic heterocycles. The first-order valence-electron chi connectivity index (χ1n) is 6.84. The average molecular weight is 315 g/mol. The van der Waals surface area contributed by atoms with E-state index in [0.717, 1.165) is 10.3 Å². The van der Waals surface area contributed by atoms with Gasteiger partial charge in [-0.15, -0.1) is 0 Å². The van der Waals surface area contributed by atoms with Crippen LogP contribution in [-0.2, 0) is 11.3 Å². The zero-order valence-corrected chi connectivity index (χ0v) is 12.8. The van der Waals surface area contributed by atoms with Gasteiger partial charge in [0.25, 0.3) is 17.4 Å². The number of rotatable bonds is 4. The van der Waals surface area contributed by atoms with Gasteiger partial charge in [-0.2, -0.15) is 0 Å². The largest absolute Gasteiger partial charge is 0.378 e. The fourth-order valence-corrected chi connectivity index (χ4v) is 1.80. The average Bonchev–Trinajstić information content (AvgIpc) is 2.55. The molecule has 8 heteroatoms. The second-order valence-electron chi connectivity index (χ2n) is 4.99. The van der Waals surface area contributed by atoms with Crippen molar-refractivity contribution in [1.82, 2.24) is 20.4 Å². The van der Waals surface area contributed by atoms with Gasteiger partial charge in [0.2, 0.25) is 0 Å². The number of hydrogen-bond donors (Lipinski definition) is 2. The first-order chi connectivity index (χ1) is 11.0. The molecule has 0 fully saturated rings. The summed E-state index contributed by atoms with van der Waals surface area (Å²) in [6, 6.07) is 8.15. The normalized spacial score (nSPS) is 10.0. The fourth-order valence-electron chi connectivity index (χ4n) is 1.80. The monoisotopic (exact) mass is 315 g/mol. The molecule has 0 aliphatic heterocycles. The van der Waals surface area contributed by atoms with E-state index in [-0.39, 0.29) is 12.1 Å². The van der Waals surface area contributed by atoms with Crippen LogP contribution in [0.1, 0.15) is 10.4 Å². The zero-order valence-electron chi connectivity index (χ0n) is 12.8. The van der Waals surface area contributed by atoms with E-state index >= 15 is 0 Å². The highest BCUT2D eigenvalue weighted by atomic mass is 16.2. The Morgan fingerprint density at radius 3 is 2.43 bits per heavy atom. The minimum absolute atomic E-state index is 0.230. The lowest BCUT2D eigenvalue weighted by molar-refractivity contribution is -0.122. The van der Waals surface area contributed by atoms with E-state index in [1.54, 1.807) is 24.3 Å². The molecule has 2 amide bonds. The van der Waals surface area contributed by atoms with Crippen LogP contribution in [0.5, 0.6) is 0 Å². The number of hydrogen-bond acceptors (Lipinski definition) is 5. The van der Waals surface area contributed by atoms with Crippen LogP contribution in [-0.4, -0.2) is 35.5 Å². The molecule has 2 aromatic rings. The SMILES string of the molecule is CN(C)c1ccc(C(=O)NNC(=O)Cn2cnccc2=O)cc1. The molecule has 1 aromatic carbocycles. The maximum Gasteiger partial charge on any atom is 0.269 e. The van der Waals surface area contributed by atoms with Gasteiger partial charge in [-0.25, -0.2) is 4.98 Å². The predicted octanol–water partition coefficient (Wildman–Crippen LogP) is -0.229. The number of nitrogens with zero attached hydrogens (tertiary/aromatic N) is 3. The summed E-state index contributed by atoms with van der Waals surface area (Å²) in [7, 11) is 3.80. The van der Waals surface area contributed by atoms with Crippen LogP contribution in [0.15, 0.2) is 47.7 Å². The van der Waals surface area contributed by atoms with Gasteiger partial charge in [0.05, 0.1) is 6.33 Å². The zero-order chi connectivity index (χ0) is 16.8. The van der Waals surface area contributed by atoms with E-state index < -0.39 is 11.8 Å². The summed E-state index contributed by atoms with van der Waals surface area (Å²) in [5, 5.41) is 0. The maximum absolute atomic E-state index is 11.9. The number of anilines is 1. The molecule has 0 bridgehead atoms. The Kier molecular flexibility index (Phi) is 5.08. The second-order valence-corrected chi connectivity index (χ2v) is 4.99. The fraction of sp³-hybridized carbons (Fsp3) is 0.200. The van der Waals surface area contributed by atoms with Gasteiger partial charge in [-0.1, -0.05) is 0 Å². The van der Waals surface area contributed by atoms with Gasteiger partial charge in [-0.05, 0) is 24.3 Å². The third kappa shape index (κ3) is 4.40. The number of carbonyl (C=O) groups excluding carboxylic acids is 2. The number of amides is 2. The van der Waals surface area contributed by atoms with E-state index in [4.69, 9.17) is 0 Å². The van der Waals surface area contributed by atoms with Gasteiger partial charge < -0.3 is 4.90 Å². The number of carbonyl (C=O) groups is 2. The number of nitrogens with one attached hydrogen (secondary N) is 2. The molecular weight excluding hydrogens is 298 g/mol. The van der Waals surface area contributed by atoms with Gasteiger partial charge in [0, 0.05) is 37.6 Å². The molecule has 0 aliphatic carbocycles. The van der Waals surface area contributed by atoms with Crippen LogP contribution in [0.25, 0.3) is 0 Å². The third-order valence-corrected chi connectivity index (χ3v) is 3.07. The summed E-state index contributed by atoms with van der Waals surface area (Å²) in [5.74, 6) is -0.972. The maximum atomic E-state index is 11.9. The molecule has 1 heterocycles. The lowest BCUT2D eigenvalue weighted by atomic mass is 10.2. The molecule has 0 unspecified atom stereocenters. The molecule has 2 rings (SSSR count). The summed E-state index contributed by atoms with van der Waals surface area (Å²) >= 11 is 0. The standard InChI is InChI=1S/C15H17N5O3/c1-19(2)12-5-3-11(4-6-12)15(23)18-17-13(21)9-20-10-16-8-7-14(20)22/h3-8,10H,9H2,1-2H3,(H,17,21)(H,18,23). The van der Waals surface area contributed by atoms with Gasteiger partial charge >= 0.3 is 0 Å². The molecule has 8 nitrogen and oxygen atoms in total. The highest BCUT2D eigenvalue weighted by Crippen LogP contribution is 2.11. The molecule has 0 aliphatic rings. The van der Waals surface area contributed by atoms with E-state index in [2.05, 4.69) is 15.8 Å². The van der Waals surface area contributed by atoms with Gasteiger partial charge in [0.1, 0.15) is 6.54 Å². The highest BCUT2D eigenvalue weighted by Gasteiger charge is 2.08. The van der Waals surface area contributed by atoms with E-state index in [0.29, 0.717) is 5.56 Å². The van der Waals surface area contributed by atoms with E-state index in [1.165, 1.54) is 18.6 Å². The van der Waals surface area contributed by atoms with Crippen LogP contribution in [0.4, 0.5) is 5.69 Å². The van der Waals surface area contributed by atoms with Crippen LogP contribution in [0, 0.1) is 0 Å². The van der Waals surface area contributed by atoms with Crippen LogP contribution >= 0.6 is 0 Å². The molecule has 0 radical (unpaired) electrons. The Morgan fingerprint density at radius 1 is 1.13 bits per heavy atom. The van der Waals surface area contributed by atoms with Crippen molar-refractivity contribution in [2.24, 2.45) is 0 Å². The summed E-state index contributed by atoms with van der Waals surface area (Å²) in [4.78, 5) is 40.8. The smallest absolute Gasteiger partial charge is 0.269 e. The van der Waals surface area contributed by atoms with E-state index in [1.807, 2.05) is 19.0 Å². The van der Waals surface area contributed by atoms with Crippen molar-refractivity contribution in [3.8, 4) is 0 Å². The number of aromatic nitrogens is 2. The Morgan fingerprint density at radius 2 is 1.83 bits per heavy atom. The van der Waals surface area contributed by atoms with Gasteiger partial charge in [0.15, 0.2) is 0 Å². The molecular formula is C15H17N5O3. The molecule has 0 saturated carbocycles. The number of hydrazine groups is 1. The Balaban J connectivity index is 1.90. The van der Waals surface area contributed by atoms with Crippen molar-refractivity contribution in [3.63, 3.8) is 0 Å². The molecule has 0 atom stereocenters. The molecule has 0 saturated heterocycles. The lowest BCUT2D eigenvalue weighted by Crippen LogP contribution is -2.44.